The van der Waals surface area contributed by atoms with Gasteiger partial charge in [-0.15, -0.1) is 0 Å². The quantitative estimate of drug-likeness (QED) is 0.550. The van der Waals surface area contributed by atoms with E-state index in [2.05, 4.69) is 5.32 Å². The van der Waals surface area contributed by atoms with Gasteiger partial charge in [-0.2, -0.15) is 0 Å². The molecule has 0 aliphatic carbocycles. The largest absolute Gasteiger partial charge is 0.388 e. The van der Waals surface area contributed by atoms with Gasteiger partial charge in [0.1, 0.15) is 0 Å². The molecule has 0 spiro atoms. The van der Waals surface area contributed by atoms with Gasteiger partial charge in [0.2, 0.25) is 5.91 Å². The molecule has 5 heteroatoms. The molecule has 1 saturated heterocycles. The monoisotopic (exact) mass is 230 g/mol. The summed E-state index contributed by atoms with van der Waals surface area (Å²) < 4.78 is 5.16. The highest BCUT2D eigenvalue weighted by Crippen LogP contribution is 2.19. The first-order valence-electron chi connectivity index (χ1n) is 5.93. The number of nitrogens with two attached hydrogens (primary N) is 1. The van der Waals surface area contributed by atoms with Crippen molar-refractivity contribution in [1.29, 1.82) is 0 Å². The highest BCUT2D eigenvalue weighted by atomic mass is 16.5. The number of rotatable bonds is 6. The molecule has 5 nitrogen and oxygen atoms in total. The van der Waals surface area contributed by atoms with Crippen LogP contribution >= 0.6 is 0 Å². The van der Waals surface area contributed by atoms with Gasteiger partial charge >= 0.3 is 0 Å². The normalized spacial score (nSPS) is 19.4. The van der Waals surface area contributed by atoms with Crippen molar-refractivity contribution in [2.24, 2.45) is 5.73 Å². The van der Waals surface area contributed by atoms with Crippen LogP contribution in [0.2, 0.25) is 0 Å². The molecule has 94 valence electrons. The van der Waals surface area contributed by atoms with Crippen LogP contribution in [0.15, 0.2) is 0 Å². The lowest BCUT2D eigenvalue weighted by molar-refractivity contribution is -0.124. The topological polar surface area (TPSA) is 84.6 Å². The summed E-state index contributed by atoms with van der Waals surface area (Å²) in [4.78, 5) is 11.4. The maximum atomic E-state index is 11.4. The Balaban J connectivity index is 2.14. The molecule has 1 fully saturated rings. The minimum atomic E-state index is -0.776. The van der Waals surface area contributed by atoms with Crippen molar-refractivity contribution in [3.05, 3.63) is 0 Å². The van der Waals surface area contributed by atoms with Gasteiger partial charge in [0.15, 0.2) is 0 Å². The van der Waals surface area contributed by atoms with E-state index in [4.69, 9.17) is 10.5 Å². The van der Waals surface area contributed by atoms with Crippen LogP contribution in [0.4, 0.5) is 0 Å². The second-order valence-corrected chi connectivity index (χ2v) is 4.36. The first-order valence-corrected chi connectivity index (χ1v) is 5.93. The van der Waals surface area contributed by atoms with Crippen molar-refractivity contribution in [3.63, 3.8) is 0 Å². The summed E-state index contributed by atoms with van der Waals surface area (Å²) >= 11 is 0. The minimum Gasteiger partial charge on any atom is -0.388 e. The number of ether oxygens (including phenoxy) is 1. The van der Waals surface area contributed by atoms with Gasteiger partial charge in [0, 0.05) is 39.0 Å². The zero-order chi connectivity index (χ0) is 11.9. The average molecular weight is 230 g/mol. The van der Waals surface area contributed by atoms with Crippen LogP contribution in [-0.2, 0) is 9.53 Å². The molecule has 16 heavy (non-hydrogen) atoms. The van der Waals surface area contributed by atoms with E-state index in [1.807, 2.05) is 0 Å². The molecule has 0 atom stereocenters. The van der Waals surface area contributed by atoms with E-state index in [1.165, 1.54) is 0 Å². The van der Waals surface area contributed by atoms with Crippen molar-refractivity contribution in [3.8, 4) is 0 Å². The molecule has 0 aromatic heterocycles. The minimum absolute atomic E-state index is 0.00614. The third-order valence-corrected chi connectivity index (χ3v) is 2.90. The van der Waals surface area contributed by atoms with Gasteiger partial charge in [-0.05, 0) is 19.4 Å². The first kappa shape index (κ1) is 13.4. The summed E-state index contributed by atoms with van der Waals surface area (Å²) in [6.45, 7) is 2.09. The predicted molar refractivity (Wildman–Crippen MR) is 60.9 cm³/mol. The Kier molecular flexibility index (Phi) is 5.73. The number of hydrogen-bond acceptors (Lipinski definition) is 4. The maximum absolute atomic E-state index is 11.4. The molecular formula is C11H22N2O3. The molecule has 0 unspecified atom stereocenters. The molecule has 0 radical (unpaired) electrons. The summed E-state index contributed by atoms with van der Waals surface area (Å²) in [7, 11) is 0. The van der Waals surface area contributed by atoms with Gasteiger partial charge in [0.05, 0.1) is 5.60 Å². The fourth-order valence-electron chi connectivity index (χ4n) is 1.71. The maximum Gasteiger partial charge on any atom is 0.220 e. The number of carbonyl (C=O) groups excluding carboxylic acids is 1. The van der Waals surface area contributed by atoms with Crippen LogP contribution in [0.5, 0.6) is 0 Å². The lowest BCUT2D eigenvalue weighted by Crippen LogP contribution is -2.46. The van der Waals surface area contributed by atoms with Crippen LogP contribution in [0.1, 0.15) is 32.1 Å². The van der Waals surface area contributed by atoms with E-state index in [-0.39, 0.29) is 5.91 Å². The van der Waals surface area contributed by atoms with E-state index in [1.54, 1.807) is 0 Å². The van der Waals surface area contributed by atoms with Crippen molar-refractivity contribution in [1.82, 2.24) is 5.32 Å². The molecule has 1 aliphatic rings. The Morgan fingerprint density at radius 2 is 2.06 bits per heavy atom. The van der Waals surface area contributed by atoms with E-state index in [0.717, 1.165) is 12.8 Å². The number of amides is 1. The van der Waals surface area contributed by atoms with Crippen molar-refractivity contribution >= 4 is 5.91 Å². The average Bonchev–Trinajstić information content (AvgIpc) is 2.28. The van der Waals surface area contributed by atoms with Crippen LogP contribution in [-0.4, -0.2) is 42.9 Å². The van der Waals surface area contributed by atoms with Gasteiger partial charge < -0.3 is 20.9 Å². The molecule has 1 heterocycles. The molecule has 0 aromatic carbocycles. The fraction of sp³-hybridized carbons (Fsp3) is 0.909. The van der Waals surface area contributed by atoms with Crippen molar-refractivity contribution < 1.29 is 14.6 Å². The Morgan fingerprint density at radius 1 is 1.38 bits per heavy atom. The third kappa shape index (κ3) is 4.92. The van der Waals surface area contributed by atoms with Gasteiger partial charge in [-0.3, -0.25) is 4.79 Å². The summed E-state index contributed by atoms with van der Waals surface area (Å²) in [5.74, 6) is -0.00614. The van der Waals surface area contributed by atoms with Crippen LogP contribution < -0.4 is 11.1 Å². The molecule has 1 aliphatic heterocycles. The number of aliphatic hydroxyl groups is 1. The predicted octanol–water partition coefficient (Wildman–Crippen LogP) is -0.227. The number of nitrogens with one attached hydrogen (secondary N) is 1. The number of unbranched alkanes of at least 4 members (excludes halogenated alkanes) is 1. The second kappa shape index (κ2) is 6.83. The van der Waals surface area contributed by atoms with Crippen LogP contribution in [0.3, 0.4) is 0 Å². The molecule has 0 bridgehead atoms. The van der Waals surface area contributed by atoms with Crippen LogP contribution in [0.25, 0.3) is 0 Å². The molecule has 1 amide bonds. The molecular weight excluding hydrogens is 208 g/mol. The van der Waals surface area contributed by atoms with E-state index < -0.39 is 5.60 Å². The molecule has 1 rings (SSSR count). The van der Waals surface area contributed by atoms with E-state index in [0.29, 0.717) is 45.6 Å². The standard InChI is InChI=1S/C11H22N2O3/c12-6-2-1-3-10(14)13-9-11(15)4-7-16-8-5-11/h15H,1-9,12H2,(H,13,14). The molecule has 0 aromatic rings. The zero-order valence-corrected chi connectivity index (χ0v) is 9.71. The Bertz CT molecular complexity index is 215. The summed E-state index contributed by atoms with van der Waals surface area (Å²) in [6.07, 6.45) is 3.35. The van der Waals surface area contributed by atoms with E-state index in [9.17, 15) is 9.90 Å². The summed E-state index contributed by atoms with van der Waals surface area (Å²) in [5, 5.41) is 12.8. The number of hydrogen-bond donors (Lipinski definition) is 3. The van der Waals surface area contributed by atoms with Gasteiger partial charge in [0.25, 0.3) is 0 Å². The smallest absolute Gasteiger partial charge is 0.220 e. The zero-order valence-electron chi connectivity index (χ0n) is 9.71. The summed E-state index contributed by atoms with van der Waals surface area (Å²) in [5.41, 5.74) is 4.57. The highest BCUT2D eigenvalue weighted by Gasteiger charge is 2.29. The number of carbonyl (C=O) groups is 1. The van der Waals surface area contributed by atoms with Crippen LogP contribution in [0, 0.1) is 0 Å². The third-order valence-electron chi connectivity index (χ3n) is 2.90. The Hall–Kier alpha value is -0.650. The molecule has 4 N–H and O–H groups in total. The van der Waals surface area contributed by atoms with Crippen molar-refractivity contribution in [2.75, 3.05) is 26.3 Å². The lowest BCUT2D eigenvalue weighted by Gasteiger charge is -2.32. The molecule has 0 saturated carbocycles. The fourth-order valence-corrected chi connectivity index (χ4v) is 1.71. The Morgan fingerprint density at radius 3 is 2.69 bits per heavy atom. The lowest BCUT2D eigenvalue weighted by atomic mass is 9.94. The SMILES string of the molecule is NCCCCC(=O)NCC1(O)CCOCC1. The first-order chi connectivity index (χ1) is 7.66. The summed E-state index contributed by atoms with van der Waals surface area (Å²) in [6, 6.07) is 0. The van der Waals surface area contributed by atoms with Crippen molar-refractivity contribution in [2.45, 2.75) is 37.7 Å². The highest BCUT2D eigenvalue weighted by molar-refractivity contribution is 5.75. The second-order valence-electron chi connectivity index (χ2n) is 4.36. The van der Waals surface area contributed by atoms with E-state index >= 15 is 0 Å². The van der Waals surface area contributed by atoms with Gasteiger partial charge in [-0.1, -0.05) is 0 Å². The van der Waals surface area contributed by atoms with Gasteiger partial charge in [-0.25, -0.2) is 0 Å². The Labute approximate surface area is 96.3 Å².